The number of hydrogen-bond donors (Lipinski definition) is 1. The van der Waals surface area contributed by atoms with Crippen molar-refractivity contribution in [3.63, 3.8) is 0 Å². The molecule has 2 heterocycles. The quantitative estimate of drug-likeness (QED) is 0.778. The van der Waals surface area contributed by atoms with Crippen LogP contribution in [0.1, 0.15) is 20.9 Å². The molecule has 0 radical (unpaired) electrons. The van der Waals surface area contributed by atoms with Gasteiger partial charge in [-0.15, -0.1) is 21.5 Å². The van der Waals surface area contributed by atoms with E-state index in [-0.39, 0.29) is 0 Å². The molecule has 0 bridgehead atoms. The summed E-state index contributed by atoms with van der Waals surface area (Å²) in [5.41, 5.74) is 4.59. The van der Waals surface area contributed by atoms with E-state index in [4.69, 9.17) is 4.42 Å². The third-order valence-corrected chi connectivity index (χ3v) is 4.45. The van der Waals surface area contributed by atoms with Crippen molar-refractivity contribution < 1.29 is 4.42 Å². The molecule has 21 heavy (non-hydrogen) atoms. The normalized spacial score (nSPS) is 10.8. The second-order valence-electron chi connectivity index (χ2n) is 5.07. The molecule has 0 fully saturated rings. The third-order valence-electron chi connectivity index (χ3n) is 3.45. The SMILES string of the molecule is Cc1cc(CNc2ccc(-c3nnco3)cc2C)c(C)s1. The molecule has 0 spiro atoms. The van der Waals surface area contributed by atoms with E-state index in [1.807, 2.05) is 17.4 Å². The first kappa shape index (κ1) is 13.8. The molecule has 0 aliphatic rings. The van der Waals surface area contributed by atoms with E-state index in [1.165, 1.54) is 21.7 Å². The first-order chi connectivity index (χ1) is 10.1. The molecular weight excluding hydrogens is 282 g/mol. The van der Waals surface area contributed by atoms with Crippen LogP contribution in [0.4, 0.5) is 5.69 Å². The van der Waals surface area contributed by atoms with Crippen LogP contribution in [-0.2, 0) is 6.54 Å². The molecule has 0 aliphatic carbocycles. The Morgan fingerprint density at radius 1 is 1.19 bits per heavy atom. The van der Waals surface area contributed by atoms with Crippen molar-refractivity contribution in [1.29, 1.82) is 0 Å². The van der Waals surface area contributed by atoms with Crippen LogP contribution in [0.3, 0.4) is 0 Å². The molecule has 1 N–H and O–H groups in total. The second kappa shape index (κ2) is 5.69. The Morgan fingerprint density at radius 2 is 2.05 bits per heavy atom. The van der Waals surface area contributed by atoms with Gasteiger partial charge >= 0.3 is 0 Å². The van der Waals surface area contributed by atoms with Crippen molar-refractivity contribution >= 4 is 17.0 Å². The maximum absolute atomic E-state index is 5.22. The summed E-state index contributed by atoms with van der Waals surface area (Å²) in [6, 6.07) is 8.36. The van der Waals surface area contributed by atoms with Crippen molar-refractivity contribution in [3.8, 4) is 11.5 Å². The zero-order valence-corrected chi connectivity index (χ0v) is 13.1. The summed E-state index contributed by atoms with van der Waals surface area (Å²) >= 11 is 1.84. The van der Waals surface area contributed by atoms with Crippen molar-refractivity contribution in [2.24, 2.45) is 0 Å². The molecule has 0 aliphatic heterocycles. The Kier molecular flexibility index (Phi) is 3.75. The Balaban J connectivity index is 1.76. The number of nitrogens with one attached hydrogen (secondary N) is 1. The van der Waals surface area contributed by atoms with Crippen molar-refractivity contribution in [2.75, 3.05) is 5.32 Å². The standard InChI is InChI=1S/C16H17N3OS/c1-10-6-13(16-19-18-9-20-16)4-5-15(10)17-8-14-7-11(2)21-12(14)3/h4-7,9,17H,8H2,1-3H3. The van der Waals surface area contributed by atoms with Gasteiger partial charge in [0.05, 0.1) is 0 Å². The van der Waals surface area contributed by atoms with Gasteiger partial charge in [0.1, 0.15) is 0 Å². The lowest BCUT2D eigenvalue weighted by molar-refractivity contribution is 0.568. The molecule has 0 saturated heterocycles. The topological polar surface area (TPSA) is 51.0 Å². The smallest absolute Gasteiger partial charge is 0.247 e. The number of benzene rings is 1. The van der Waals surface area contributed by atoms with Crippen molar-refractivity contribution in [2.45, 2.75) is 27.3 Å². The molecule has 4 nitrogen and oxygen atoms in total. The summed E-state index contributed by atoms with van der Waals surface area (Å²) in [6.07, 6.45) is 1.35. The van der Waals surface area contributed by atoms with Gasteiger partial charge in [-0.2, -0.15) is 0 Å². The van der Waals surface area contributed by atoms with E-state index in [1.54, 1.807) is 0 Å². The lowest BCUT2D eigenvalue weighted by Crippen LogP contribution is -2.01. The lowest BCUT2D eigenvalue weighted by atomic mass is 10.1. The summed E-state index contributed by atoms with van der Waals surface area (Å²) < 4.78 is 5.22. The molecule has 5 heteroatoms. The molecule has 0 amide bonds. The number of aromatic nitrogens is 2. The number of aryl methyl sites for hydroxylation is 3. The molecule has 3 rings (SSSR count). The fraction of sp³-hybridized carbons (Fsp3) is 0.250. The van der Waals surface area contributed by atoms with Crippen LogP contribution in [0, 0.1) is 20.8 Å². The first-order valence-corrected chi connectivity index (χ1v) is 7.62. The maximum atomic E-state index is 5.22. The average Bonchev–Trinajstić information content (AvgIpc) is 3.07. The zero-order valence-electron chi connectivity index (χ0n) is 12.3. The molecule has 0 saturated carbocycles. The van der Waals surface area contributed by atoms with Gasteiger partial charge in [-0.05, 0) is 56.2 Å². The Bertz CT molecular complexity index is 747. The molecule has 108 valence electrons. The molecule has 0 unspecified atom stereocenters. The molecule has 1 aromatic carbocycles. The van der Waals surface area contributed by atoms with Gasteiger partial charge in [0.15, 0.2) is 0 Å². The zero-order chi connectivity index (χ0) is 14.8. The number of nitrogens with zero attached hydrogens (tertiary/aromatic N) is 2. The minimum atomic E-state index is 0.550. The van der Waals surface area contributed by atoms with Gasteiger partial charge in [0, 0.05) is 27.5 Å². The fourth-order valence-electron chi connectivity index (χ4n) is 2.34. The van der Waals surface area contributed by atoms with Crippen molar-refractivity contribution in [1.82, 2.24) is 10.2 Å². The van der Waals surface area contributed by atoms with Crippen LogP contribution in [-0.4, -0.2) is 10.2 Å². The van der Waals surface area contributed by atoms with Gasteiger partial charge in [-0.1, -0.05) is 0 Å². The van der Waals surface area contributed by atoms with Crippen molar-refractivity contribution in [3.05, 3.63) is 51.5 Å². The predicted octanol–water partition coefficient (Wildman–Crippen LogP) is 4.34. The largest absolute Gasteiger partial charge is 0.423 e. The van der Waals surface area contributed by atoms with Crippen LogP contribution in [0.5, 0.6) is 0 Å². The van der Waals surface area contributed by atoms with E-state index in [0.29, 0.717) is 5.89 Å². The number of thiophene rings is 1. The summed E-state index contributed by atoms with van der Waals surface area (Å²) in [7, 11) is 0. The first-order valence-electron chi connectivity index (χ1n) is 6.80. The summed E-state index contributed by atoms with van der Waals surface area (Å²) in [5, 5.41) is 11.1. The highest BCUT2D eigenvalue weighted by atomic mass is 32.1. The minimum Gasteiger partial charge on any atom is -0.423 e. The van der Waals surface area contributed by atoms with Crippen LogP contribution in [0.2, 0.25) is 0 Å². The van der Waals surface area contributed by atoms with E-state index < -0.39 is 0 Å². The van der Waals surface area contributed by atoms with Gasteiger partial charge in [0.25, 0.3) is 0 Å². The molecule has 2 aromatic heterocycles. The lowest BCUT2D eigenvalue weighted by Gasteiger charge is -2.10. The highest BCUT2D eigenvalue weighted by Gasteiger charge is 2.07. The highest BCUT2D eigenvalue weighted by Crippen LogP contribution is 2.25. The number of hydrogen-bond acceptors (Lipinski definition) is 5. The molecule has 3 aromatic rings. The van der Waals surface area contributed by atoms with Crippen LogP contribution in [0.25, 0.3) is 11.5 Å². The van der Waals surface area contributed by atoms with E-state index in [9.17, 15) is 0 Å². The Hall–Kier alpha value is -2.14. The Labute approximate surface area is 127 Å². The fourth-order valence-corrected chi connectivity index (χ4v) is 3.29. The predicted molar refractivity (Wildman–Crippen MR) is 85.6 cm³/mol. The average molecular weight is 299 g/mol. The maximum Gasteiger partial charge on any atom is 0.247 e. The van der Waals surface area contributed by atoms with Gasteiger partial charge in [-0.25, -0.2) is 0 Å². The Morgan fingerprint density at radius 3 is 2.67 bits per heavy atom. The summed E-state index contributed by atoms with van der Waals surface area (Å²) in [4.78, 5) is 2.73. The third kappa shape index (κ3) is 2.97. The van der Waals surface area contributed by atoms with Gasteiger partial charge < -0.3 is 9.73 Å². The van der Waals surface area contributed by atoms with Gasteiger partial charge in [0.2, 0.25) is 12.3 Å². The van der Waals surface area contributed by atoms with E-state index >= 15 is 0 Å². The molecular formula is C16H17N3OS. The summed E-state index contributed by atoms with van der Waals surface area (Å²) in [5.74, 6) is 0.550. The minimum absolute atomic E-state index is 0.550. The van der Waals surface area contributed by atoms with E-state index in [2.05, 4.69) is 54.5 Å². The molecule has 0 atom stereocenters. The highest BCUT2D eigenvalue weighted by molar-refractivity contribution is 7.12. The second-order valence-corrected chi connectivity index (χ2v) is 6.53. The number of anilines is 1. The summed E-state index contributed by atoms with van der Waals surface area (Å²) in [6.45, 7) is 7.23. The monoisotopic (exact) mass is 299 g/mol. The van der Waals surface area contributed by atoms with Crippen LogP contribution >= 0.6 is 11.3 Å². The van der Waals surface area contributed by atoms with E-state index in [0.717, 1.165) is 23.4 Å². The van der Waals surface area contributed by atoms with Gasteiger partial charge in [-0.3, -0.25) is 0 Å². The van der Waals surface area contributed by atoms with Crippen LogP contribution in [0.15, 0.2) is 35.1 Å². The number of rotatable bonds is 4. The van der Waals surface area contributed by atoms with Crippen LogP contribution < -0.4 is 5.32 Å².